The van der Waals surface area contributed by atoms with Gasteiger partial charge in [-0.2, -0.15) is 13.2 Å². The zero-order valence-electron chi connectivity index (χ0n) is 5.85. The zero-order valence-corrected chi connectivity index (χ0v) is 5.85. The summed E-state index contributed by atoms with van der Waals surface area (Å²) in [5.74, 6) is -1.63. The van der Waals surface area contributed by atoms with E-state index < -0.39 is 24.3 Å². The first-order valence-corrected chi connectivity index (χ1v) is 2.76. The summed E-state index contributed by atoms with van der Waals surface area (Å²) in [7, 11) is 0. The Labute approximate surface area is 65.8 Å². The van der Waals surface area contributed by atoms with Gasteiger partial charge < -0.3 is 4.74 Å². The van der Waals surface area contributed by atoms with Gasteiger partial charge in [-0.1, -0.05) is 6.58 Å². The highest BCUT2D eigenvalue weighted by Crippen LogP contribution is 2.24. The number of halogens is 3. The van der Waals surface area contributed by atoms with E-state index in [1.54, 1.807) is 0 Å². The van der Waals surface area contributed by atoms with Gasteiger partial charge >= 0.3 is 12.1 Å². The SMILES string of the molecule is C=C(C(=O)OCC=O)C(F)(F)F. The summed E-state index contributed by atoms with van der Waals surface area (Å²) in [6.45, 7) is 1.76. The van der Waals surface area contributed by atoms with E-state index in [1.807, 2.05) is 0 Å². The van der Waals surface area contributed by atoms with Gasteiger partial charge in [-0.3, -0.25) is 4.79 Å². The Morgan fingerprint density at radius 1 is 1.50 bits per heavy atom. The molecular weight excluding hydrogens is 177 g/mol. The third-order valence-corrected chi connectivity index (χ3v) is 0.871. The molecule has 0 rings (SSSR count). The molecule has 0 heterocycles. The number of rotatable bonds is 3. The van der Waals surface area contributed by atoms with Gasteiger partial charge in [0.25, 0.3) is 0 Å². The fourth-order valence-corrected chi connectivity index (χ4v) is 0.313. The van der Waals surface area contributed by atoms with E-state index in [2.05, 4.69) is 11.3 Å². The molecule has 0 radical (unpaired) electrons. The molecule has 0 saturated carbocycles. The van der Waals surface area contributed by atoms with E-state index in [0.29, 0.717) is 0 Å². The molecule has 0 aliphatic rings. The van der Waals surface area contributed by atoms with E-state index in [1.165, 1.54) is 0 Å². The van der Waals surface area contributed by atoms with Gasteiger partial charge in [0, 0.05) is 0 Å². The molecule has 0 unspecified atom stereocenters. The molecule has 0 aliphatic carbocycles. The first-order chi connectivity index (χ1) is 5.39. The van der Waals surface area contributed by atoms with Gasteiger partial charge in [0.05, 0.1) is 0 Å². The van der Waals surface area contributed by atoms with E-state index in [-0.39, 0.29) is 6.29 Å². The molecule has 3 nitrogen and oxygen atoms in total. The van der Waals surface area contributed by atoms with Crippen molar-refractivity contribution < 1.29 is 27.5 Å². The Morgan fingerprint density at radius 2 is 2.00 bits per heavy atom. The monoisotopic (exact) mass is 182 g/mol. The predicted molar refractivity (Wildman–Crippen MR) is 32.2 cm³/mol. The van der Waals surface area contributed by atoms with Crippen molar-refractivity contribution in [3.63, 3.8) is 0 Å². The normalized spacial score (nSPS) is 10.6. The number of esters is 1. The maximum atomic E-state index is 11.6. The molecule has 0 aromatic rings. The molecule has 0 aliphatic heterocycles. The molecule has 0 atom stereocenters. The summed E-state index contributed by atoms with van der Waals surface area (Å²) in [6, 6.07) is 0. The van der Waals surface area contributed by atoms with Gasteiger partial charge in [0.1, 0.15) is 12.2 Å². The number of hydrogen-bond donors (Lipinski definition) is 0. The number of hydrogen-bond acceptors (Lipinski definition) is 3. The van der Waals surface area contributed by atoms with Gasteiger partial charge in [-0.25, -0.2) is 4.79 Å². The van der Waals surface area contributed by atoms with E-state index in [0.717, 1.165) is 0 Å². The van der Waals surface area contributed by atoms with Crippen molar-refractivity contribution in [1.29, 1.82) is 0 Å². The third-order valence-electron chi connectivity index (χ3n) is 0.871. The first-order valence-electron chi connectivity index (χ1n) is 2.76. The van der Waals surface area contributed by atoms with Crippen LogP contribution >= 0.6 is 0 Å². The van der Waals surface area contributed by atoms with Gasteiger partial charge in [-0.05, 0) is 0 Å². The predicted octanol–water partition coefficient (Wildman–Crippen LogP) is 0.847. The Balaban J connectivity index is 4.12. The Bertz CT molecular complexity index is 207. The van der Waals surface area contributed by atoms with Crippen LogP contribution in [0.3, 0.4) is 0 Å². The second-order valence-corrected chi connectivity index (χ2v) is 1.74. The molecule has 0 amide bonds. The summed E-state index contributed by atoms with van der Waals surface area (Å²) < 4.78 is 38.8. The van der Waals surface area contributed by atoms with Gasteiger partial charge in [0.2, 0.25) is 0 Å². The summed E-state index contributed by atoms with van der Waals surface area (Å²) in [6.07, 6.45) is -4.64. The van der Waals surface area contributed by atoms with Crippen LogP contribution < -0.4 is 0 Å². The molecule has 0 saturated heterocycles. The molecule has 0 aromatic heterocycles. The highest BCUT2D eigenvalue weighted by Gasteiger charge is 2.37. The van der Waals surface area contributed by atoms with Crippen molar-refractivity contribution in [2.75, 3.05) is 6.61 Å². The Morgan fingerprint density at radius 3 is 2.33 bits per heavy atom. The first kappa shape index (κ1) is 10.7. The van der Waals surface area contributed by atoms with Crippen molar-refractivity contribution in [2.24, 2.45) is 0 Å². The van der Waals surface area contributed by atoms with Crippen LogP contribution in [0.1, 0.15) is 0 Å². The highest BCUT2D eigenvalue weighted by molar-refractivity contribution is 5.89. The van der Waals surface area contributed by atoms with Gasteiger partial charge in [-0.15, -0.1) is 0 Å². The maximum absolute atomic E-state index is 11.6. The quantitative estimate of drug-likeness (QED) is 0.369. The fraction of sp³-hybridized carbons (Fsp3) is 0.333. The lowest BCUT2D eigenvalue weighted by atomic mass is 10.3. The van der Waals surface area contributed by atoms with Crippen LogP contribution in [0, 0.1) is 0 Å². The van der Waals surface area contributed by atoms with Crippen LogP contribution in [0.2, 0.25) is 0 Å². The molecule has 0 aromatic carbocycles. The number of carbonyl (C=O) groups excluding carboxylic acids is 2. The summed E-state index contributed by atoms with van der Waals surface area (Å²) in [5.41, 5.74) is -1.62. The van der Waals surface area contributed by atoms with Crippen LogP contribution in [-0.2, 0) is 14.3 Å². The van der Waals surface area contributed by atoms with E-state index >= 15 is 0 Å². The lowest BCUT2D eigenvalue weighted by molar-refractivity contribution is -0.151. The molecule has 0 spiro atoms. The average molecular weight is 182 g/mol. The smallest absolute Gasteiger partial charge is 0.422 e. The molecule has 68 valence electrons. The van der Waals surface area contributed by atoms with Crippen molar-refractivity contribution in [3.05, 3.63) is 12.2 Å². The number of alkyl halides is 3. The van der Waals surface area contributed by atoms with E-state index in [9.17, 15) is 22.8 Å². The highest BCUT2D eigenvalue weighted by atomic mass is 19.4. The second kappa shape index (κ2) is 3.89. The van der Waals surface area contributed by atoms with Crippen molar-refractivity contribution in [3.8, 4) is 0 Å². The van der Waals surface area contributed by atoms with Crippen molar-refractivity contribution in [1.82, 2.24) is 0 Å². The Kier molecular flexibility index (Phi) is 3.46. The Hall–Kier alpha value is -1.33. The summed E-state index contributed by atoms with van der Waals surface area (Å²) in [5, 5.41) is 0. The fourth-order valence-electron chi connectivity index (χ4n) is 0.313. The molecule has 0 N–H and O–H groups in total. The second-order valence-electron chi connectivity index (χ2n) is 1.74. The number of aldehydes is 1. The van der Waals surface area contributed by atoms with Crippen LogP contribution in [0.25, 0.3) is 0 Å². The minimum Gasteiger partial charge on any atom is -0.454 e. The number of carbonyl (C=O) groups is 2. The van der Waals surface area contributed by atoms with Crippen LogP contribution in [-0.4, -0.2) is 25.0 Å². The van der Waals surface area contributed by atoms with Crippen molar-refractivity contribution >= 4 is 12.3 Å². The van der Waals surface area contributed by atoms with Crippen molar-refractivity contribution in [2.45, 2.75) is 6.18 Å². The zero-order chi connectivity index (χ0) is 9.78. The van der Waals surface area contributed by atoms with Crippen LogP contribution in [0.15, 0.2) is 12.2 Å². The molecule has 6 heteroatoms. The molecule has 0 fully saturated rings. The minimum atomic E-state index is -4.81. The summed E-state index contributed by atoms with van der Waals surface area (Å²) >= 11 is 0. The lowest BCUT2D eigenvalue weighted by Gasteiger charge is -2.07. The molecule has 0 bridgehead atoms. The largest absolute Gasteiger partial charge is 0.454 e. The lowest BCUT2D eigenvalue weighted by Crippen LogP contribution is -2.21. The van der Waals surface area contributed by atoms with Crippen LogP contribution in [0.5, 0.6) is 0 Å². The van der Waals surface area contributed by atoms with Crippen LogP contribution in [0.4, 0.5) is 13.2 Å². The maximum Gasteiger partial charge on any atom is 0.422 e. The number of ether oxygens (including phenoxy) is 1. The standard InChI is InChI=1S/C6H5F3O3/c1-4(6(7,8)9)5(11)12-3-2-10/h2H,1,3H2. The molecule has 12 heavy (non-hydrogen) atoms. The topological polar surface area (TPSA) is 43.4 Å². The average Bonchev–Trinajstić information content (AvgIpc) is 1.97. The third kappa shape index (κ3) is 3.18. The molecular formula is C6H5F3O3. The van der Waals surface area contributed by atoms with Gasteiger partial charge in [0.15, 0.2) is 6.29 Å². The van der Waals surface area contributed by atoms with E-state index in [4.69, 9.17) is 0 Å². The minimum absolute atomic E-state index is 0.168. The summed E-state index contributed by atoms with van der Waals surface area (Å²) in [4.78, 5) is 19.9.